The highest BCUT2D eigenvalue weighted by molar-refractivity contribution is 6.05. The lowest BCUT2D eigenvalue weighted by molar-refractivity contribution is 0.316. The first-order valence-corrected chi connectivity index (χ1v) is 5.67. The summed E-state index contributed by atoms with van der Waals surface area (Å²) in [7, 11) is 0. The third-order valence-electron chi connectivity index (χ3n) is 4.00. The number of rotatable bonds is 0. The van der Waals surface area contributed by atoms with Crippen LogP contribution in [-0.2, 0) is 5.41 Å². The molecule has 0 aliphatic heterocycles. The molecule has 1 spiro atoms. The zero-order valence-electron chi connectivity index (χ0n) is 8.74. The molecule has 0 unspecified atom stereocenters. The first-order chi connectivity index (χ1) is 7.36. The van der Waals surface area contributed by atoms with Crippen LogP contribution in [0, 0.1) is 0 Å². The van der Waals surface area contributed by atoms with Crippen molar-refractivity contribution in [2.45, 2.75) is 37.5 Å². The molecule has 2 aliphatic carbocycles. The van der Waals surface area contributed by atoms with Gasteiger partial charge in [0.1, 0.15) is 0 Å². The van der Waals surface area contributed by atoms with Gasteiger partial charge in [0.25, 0.3) is 0 Å². The molecular formula is C13H15NO. The van der Waals surface area contributed by atoms with E-state index in [1.54, 1.807) is 0 Å². The Morgan fingerprint density at radius 3 is 2.60 bits per heavy atom. The highest BCUT2D eigenvalue weighted by Gasteiger charge is 2.43. The summed E-state index contributed by atoms with van der Waals surface area (Å²) >= 11 is 0. The van der Waals surface area contributed by atoms with Gasteiger partial charge in [-0.25, -0.2) is 0 Å². The van der Waals surface area contributed by atoms with Crippen molar-refractivity contribution in [2.24, 2.45) is 5.16 Å². The number of fused-ring (bicyclic) bond motifs is 2. The number of hydrogen-bond donors (Lipinski definition) is 1. The first-order valence-electron chi connectivity index (χ1n) is 5.67. The van der Waals surface area contributed by atoms with Crippen molar-refractivity contribution in [3.8, 4) is 0 Å². The third kappa shape index (κ3) is 1.14. The number of nitrogens with zero attached hydrogens (tertiary/aromatic N) is 1. The maximum absolute atomic E-state index is 9.04. The molecule has 0 saturated heterocycles. The molecule has 0 radical (unpaired) electrons. The van der Waals surface area contributed by atoms with E-state index in [2.05, 4.69) is 23.4 Å². The zero-order chi connectivity index (χ0) is 10.3. The topological polar surface area (TPSA) is 32.6 Å². The maximum atomic E-state index is 9.04. The lowest BCUT2D eigenvalue weighted by atomic mass is 9.80. The van der Waals surface area contributed by atoms with Crippen molar-refractivity contribution in [1.29, 1.82) is 0 Å². The molecule has 1 aromatic carbocycles. The van der Waals surface area contributed by atoms with Crippen molar-refractivity contribution in [3.63, 3.8) is 0 Å². The van der Waals surface area contributed by atoms with Crippen LogP contribution in [0.25, 0.3) is 0 Å². The van der Waals surface area contributed by atoms with Crippen LogP contribution >= 0.6 is 0 Å². The highest BCUT2D eigenvalue weighted by Crippen LogP contribution is 2.49. The minimum absolute atomic E-state index is 0.304. The van der Waals surface area contributed by atoms with Crippen molar-refractivity contribution >= 4 is 5.71 Å². The van der Waals surface area contributed by atoms with Gasteiger partial charge in [-0.2, -0.15) is 0 Å². The van der Waals surface area contributed by atoms with E-state index < -0.39 is 0 Å². The second-order valence-corrected chi connectivity index (χ2v) is 4.76. The van der Waals surface area contributed by atoms with Gasteiger partial charge in [0.15, 0.2) is 0 Å². The van der Waals surface area contributed by atoms with E-state index in [0.717, 1.165) is 12.1 Å². The summed E-state index contributed by atoms with van der Waals surface area (Å²) in [4.78, 5) is 0. The Balaban J connectivity index is 2.17. The summed E-state index contributed by atoms with van der Waals surface area (Å²) in [5.41, 5.74) is 3.77. The van der Waals surface area contributed by atoms with E-state index in [4.69, 9.17) is 5.21 Å². The fraction of sp³-hybridized carbons (Fsp3) is 0.462. The van der Waals surface area contributed by atoms with Crippen LogP contribution in [0.4, 0.5) is 0 Å². The van der Waals surface area contributed by atoms with Crippen molar-refractivity contribution in [1.82, 2.24) is 0 Å². The van der Waals surface area contributed by atoms with Crippen molar-refractivity contribution < 1.29 is 5.21 Å². The van der Waals surface area contributed by atoms with Crippen LogP contribution in [0.15, 0.2) is 29.4 Å². The van der Waals surface area contributed by atoms with Gasteiger partial charge in [0, 0.05) is 17.4 Å². The number of hydrogen-bond acceptors (Lipinski definition) is 2. The van der Waals surface area contributed by atoms with E-state index in [-0.39, 0.29) is 0 Å². The van der Waals surface area contributed by atoms with Gasteiger partial charge in [0.05, 0.1) is 5.71 Å². The summed E-state index contributed by atoms with van der Waals surface area (Å²) in [6.07, 6.45) is 6.06. The van der Waals surface area contributed by atoms with E-state index in [1.165, 1.54) is 36.8 Å². The Kier molecular flexibility index (Phi) is 1.84. The second-order valence-electron chi connectivity index (χ2n) is 4.76. The first kappa shape index (κ1) is 8.96. The summed E-state index contributed by atoms with van der Waals surface area (Å²) in [5.74, 6) is 0. The lowest BCUT2D eigenvalue weighted by Crippen LogP contribution is -2.18. The number of benzene rings is 1. The van der Waals surface area contributed by atoms with Crippen LogP contribution in [0.1, 0.15) is 43.2 Å². The van der Waals surface area contributed by atoms with Gasteiger partial charge in [-0.15, -0.1) is 0 Å². The maximum Gasteiger partial charge on any atom is 0.0879 e. The molecule has 15 heavy (non-hydrogen) atoms. The monoisotopic (exact) mass is 201 g/mol. The minimum Gasteiger partial charge on any atom is -0.411 e. The Morgan fingerprint density at radius 2 is 1.87 bits per heavy atom. The van der Waals surface area contributed by atoms with Crippen LogP contribution in [0.2, 0.25) is 0 Å². The fourth-order valence-electron chi connectivity index (χ4n) is 3.30. The smallest absolute Gasteiger partial charge is 0.0879 e. The molecule has 1 saturated carbocycles. The van der Waals surface area contributed by atoms with Gasteiger partial charge in [-0.3, -0.25) is 0 Å². The highest BCUT2D eigenvalue weighted by atomic mass is 16.4. The van der Waals surface area contributed by atoms with Gasteiger partial charge in [-0.05, 0) is 18.4 Å². The van der Waals surface area contributed by atoms with Crippen LogP contribution in [0.5, 0.6) is 0 Å². The van der Waals surface area contributed by atoms with Crippen LogP contribution in [0.3, 0.4) is 0 Å². The average molecular weight is 201 g/mol. The van der Waals surface area contributed by atoms with Gasteiger partial charge >= 0.3 is 0 Å². The molecule has 0 amide bonds. The molecule has 2 nitrogen and oxygen atoms in total. The molecule has 0 aromatic heterocycles. The fourth-order valence-corrected chi connectivity index (χ4v) is 3.30. The van der Waals surface area contributed by atoms with E-state index >= 15 is 0 Å². The molecule has 1 fully saturated rings. The molecular weight excluding hydrogens is 186 g/mol. The van der Waals surface area contributed by atoms with Crippen molar-refractivity contribution in [3.05, 3.63) is 35.4 Å². The normalized spacial score (nSPS) is 24.9. The Bertz CT molecular complexity index is 416. The van der Waals surface area contributed by atoms with Gasteiger partial charge < -0.3 is 5.21 Å². The minimum atomic E-state index is 0.304. The van der Waals surface area contributed by atoms with E-state index in [9.17, 15) is 0 Å². The van der Waals surface area contributed by atoms with Crippen LogP contribution < -0.4 is 0 Å². The molecule has 2 aliphatic rings. The predicted octanol–water partition coefficient (Wildman–Crippen LogP) is 3.08. The Hall–Kier alpha value is -1.31. The lowest BCUT2D eigenvalue weighted by Gasteiger charge is -2.23. The predicted molar refractivity (Wildman–Crippen MR) is 59.5 cm³/mol. The SMILES string of the molecule is O/N=C1\CC2(CCCC2)c2ccccc21. The molecule has 1 N–H and O–H groups in total. The molecule has 2 heteroatoms. The summed E-state index contributed by atoms with van der Waals surface area (Å²) in [5, 5.41) is 12.5. The Labute approximate surface area is 89.6 Å². The standard InChI is InChI=1S/C13H15NO/c15-14-12-9-13(7-3-4-8-13)11-6-2-1-5-10(11)12/h1-2,5-6,15H,3-4,7-9H2/b14-12+. The second kappa shape index (κ2) is 3.09. The van der Waals surface area contributed by atoms with E-state index in [1.807, 2.05) is 6.07 Å². The average Bonchev–Trinajstić information content (AvgIpc) is 2.87. The molecule has 0 bridgehead atoms. The molecule has 0 atom stereocenters. The van der Waals surface area contributed by atoms with Gasteiger partial charge in [0.2, 0.25) is 0 Å². The zero-order valence-corrected chi connectivity index (χ0v) is 8.74. The molecule has 3 rings (SSSR count). The summed E-state index contributed by atoms with van der Waals surface area (Å²) < 4.78 is 0. The van der Waals surface area contributed by atoms with Crippen molar-refractivity contribution in [2.75, 3.05) is 0 Å². The molecule has 0 heterocycles. The van der Waals surface area contributed by atoms with Gasteiger partial charge in [-0.1, -0.05) is 42.3 Å². The molecule has 1 aromatic rings. The van der Waals surface area contributed by atoms with Crippen LogP contribution in [-0.4, -0.2) is 10.9 Å². The quantitative estimate of drug-likeness (QED) is 0.507. The third-order valence-corrected chi connectivity index (χ3v) is 4.00. The van der Waals surface area contributed by atoms with E-state index in [0.29, 0.717) is 5.41 Å². The largest absolute Gasteiger partial charge is 0.411 e. The number of oxime groups is 1. The molecule has 78 valence electrons. The summed E-state index contributed by atoms with van der Waals surface area (Å²) in [6.45, 7) is 0. The summed E-state index contributed by atoms with van der Waals surface area (Å²) in [6, 6.07) is 8.41. The Morgan fingerprint density at radius 1 is 1.13 bits per heavy atom.